The number of hydrogen-bond donors (Lipinski definition) is 2. The van der Waals surface area contributed by atoms with Gasteiger partial charge >= 0.3 is 0 Å². The van der Waals surface area contributed by atoms with Crippen LogP contribution in [0.15, 0.2) is 18.2 Å². The van der Waals surface area contributed by atoms with Crippen molar-refractivity contribution in [2.75, 3.05) is 37.6 Å². The molecular weight excluding hydrogens is 414 g/mol. The first-order chi connectivity index (χ1) is 15.5. The molecule has 4 aliphatic rings. The Morgan fingerprint density at radius 2 is 1.69 bits per heavy atom. The molecular formula is C22H25N5O5. The van der Waals surface area contributed by atoms with Crippen LogP contribution >= 0.6 is 0 Å². The molecule has 0 bridgehead atoms. The molecule has 0 saturated carbocycles. The number of imide groups is 2. The average Bonchev–Trinajstić information content (AvgIpc) is 3.38. The largest absolute Gasteiger partial charge is 0.359 e. The lowest BCUT2D eigenvalue weighted by molar-refractivity contribution is -0.136. The molecule has 1 aromatic carbocycles. The number of amides is 5. The van der Waals surface area contributed by atoms with Crippen LogP contribution < -0.4 is 15.5 Å². The van der Waals surface area contributed by atoms with Crippen molar-refractivity contribution in [3.63, 3.8) is 0 Å². The van der Waals surface area contributed by atoms with Crippen LogP contribution in [0.5, 0.6) is 0 Å². The van der Waals surface area contributed by atoms with E-state index < -0.39 is 29.7 Å². The van der Waals surface area contributed by atoms with Crippen molar-refractivity contribution in [2.24, 2.45) is 0 Å². The molecule has 4 heterocycles. The quantitative estimate of drug-likeness (QED) is 0.609. The van der Waals surface area contributed by atoms with Gasteiger partial charge in [-0.15, -0.1) is 0 Å². The van der Waals surface area contributed by atoms with E-state index in [2.05, 4.69) is 10.6 Å². The highest BCUT2D eigenvalue weighted by molar-refractivity contribution is 6.23. The molecule has 1 aromatic rings. The van der Waals surface area contributed by atoms with Crippen molar-refractivity contribution >= 4 is 35.2 Å². The Balaban J connectivity index is 1.39. The number of piperazine rings is 1. The third-order valence-electron chi connectivity index (χ3n) is 6.72. The maximum Gasteiger partial charge on any atom is 0.262 e. The van der Waals surface area contributed by atoms with Crippen LogP contribution in [-0.2, 0) is 14.4 Å². The summed E-state index contributed by atoms with van der Waals surface area (Å²) in [6.07, 6.45) is 1.82. The van der Waals surface area contributed by atoms with Gasteiger partial charge in [0.15, 0.2) is 0 Å². The zero-order valence-corrected chi connectivity index (χ0v) is 17.6. The Kier molecular flexibility index (Phi) is 5.16. The molecule has 2 N–H and O–H groups in total. The summed E-state index contributed by atoms with van der Waals surface area (Å²) in [4.78, 5) is 67.7. The molecule has 5 rings (SSSR count). The third-order valence-corrected chi connectivity index (χ3v) is 6.72. The van der Waals surface area contributed by atoms with Gasteiger partial charge in [0.05, 0.1) is 11.1 Å². The van der Waals surface area contributed by atoms with Gasteiger partial charge in [0.1, 0.15) is 12.1 Å². The number of piperidine rings is 1. The van der Waals surface area contributed by atoms with Gasteiger partial charge in [-0.2, -0.15) is 0 Å². The molecule has 1 unspecified atom stereocenters. The number of nitrogens with one attached hydrogen (secondary N) is 2. The summed E-state index contributed by atoms with van der Waals surface area (Å²) >= 11 is 0. The van der Waals surface area contributed by atoms with E-state index in [-0.39, 0.29) is 35.9 Å². The number of carbonyl (C=O) groups is 5. The Hall–Kier alpha value is -3.27. The summed E-state index contributed by atoms with van der Waals surface area (Å²) in [5.41, 5.74) is 1.20. The summed E-state index contributed by atoms with van der Waals surface area (Å²) in [5.74, 6) is -2.00. The van der Waals surface area contributed by atoms with Gasteiger partial charge in [-0.05, 0) is 37.5 Å². The van der Waals surface area contributed by atoms with Gasteiger partial charge in [0.2, 0.25) is 17.7 Å². The first-order valence-electron chi connectivity index (χ1n) is 11.1. The fourth-order valence-corrected chi connectivity index (χ4v) is 5.07. The Bertz CT molecular complexity index is 1020. The number of anilines is 1. The topological polar surface area (TPSA) is 119 Å². The first kappa shape index (κ1) is 20.6. The summed E-state index contributed by atoms with van der Waals surface area (Å²) in [6, 6.07) is 3.75. The fourth-order valence-electron chi connectivity index (χ4n) is 5.07. The van der Waals surface area contributed by atoms with Crippen molar-refractivity contribution in [1.29, 1.82) is 0 Å². The van der Waals surface area contributed by atoms with Crippen LogP contribution in [0.1, 0.15) is 46.4 Å². The number of hydrogen-bond acceptors (Lipinski definition) is 7. The predicted octanol–water partition coefficient (Wildman–Crippen LogP) is -0.512. The van der Waals surface area contributed by atoms with E-state index in [1.54, 1.807) is 18.2 Å². The SMILES string of the molecule is O=C1CCC(N2C(=O)c3ccc(N4CCC[C@@H]4C(=O)N4CCNCC4)cc3C2=O)C(=O)N1. The monoisotopic (exact) mass is 439 g/mol. The van der Waals surface area contributed by atoms with Crippen LogP contribution in [0.25, 0.3) is 0 Å². The average molecular weight is 439 g/mol. The van der Waals surface area contributed by atoms with Gasteiger partial charge in [0.25, 0.3) is 11.8 Å². The minimum absolute atomic E-state index is 0.0820. The molecule has 0 aromatic heterocycles. The van der Waals surface area contributed by atoms with Crippen LogP contribution in [0.4, 0.5) is 5.69 Å². The van der Waals surface area contributed by atoms with E-state index in [1.165, 1.54) is 0 Å². The highest BCUT2D eigenvalue weighted by Crippen LogP contribution is 2.33. The molecule has 3 saturated heterocycles. The zero-order chi connectivity index (χ0) is 22.4. The van der Waals surface area contributed by atoms with Crippen molar-refractivity contribution in [3.05, 3.63) is 29.3 Å². The molecule has 5 amide bonds. The van der Waals surface area contributed by atoms with Crippen molar-refractivity contribution in [3.8, 4) is 0 Å². The minimum atomic E-state index is -0.989. The molecule has 3 fully saturated rings. The van der Waals surface area contributed by atoms with Crippen molar-refractivity contribution < 1.29 is 24.0 Å². The lowest BCUT2D eigenvalue weighted by atomic mass is 10.0. The zero-order valence-electron chi connectivity index (χ0n) is 17.6. The molecule has 168 valence electrons. The van der Waals surface area contributed by atoms with Crippen molar-refractivity contribution in [2.45, 2.75) is 37.8 Å². The number of rotatable bonds is 3. The molecule has 2 atom stereocenters. The van der Waals surface area contributed by atoms with Gasteiger partial charge in [0, 0.05) is 44.8 Å². The lowest BCUT2D eigenvalue weighted by Gasteiger charge is -2.34. The van der Waals surface area contributed by atoms with E-state index in [4.69, 9.17) is 0 Å². The molecule has 0 spiro atoms. The van der Waals surface area contributed by atoms with E-state index in [0.29, 0.717) is 19.6 Å². The third kappa shape index (κ3) is 3.35. The van der Waals surface area contributed by atoms with Crippen LogP contribution in [0, 0.1) is 0 Å². The standard InChI is InChI=1S/C22H25N5O5/c28-18-6-5-16(19(29)24-18)27-20(30)14-4-3-13(12-15(14)21(27)31)26-9-1-2-17(26)22(32)25-10-7-23-8-11-25/h3-4,12,16-17,23H,1-2,5-11H2,(H,24,28,29)/t16?,17-/m1/s1. The molecule has 4 aliphatic heterocycles. The summed E-state index contributed by atoms with van der Waals surface area (Å²) in [7, 11) is 0. The number of benzene rings is 1. The Labute approximate surface area is 184 Å². The maximum atomic E-state index is 13.1. The molecule has 10 nitrogen and oxygen atoms in total. The van der Waals surface area contributed by atoms with E-state index in [1.807, 2.05) is 9.80 Å². The smallest absolute Gasteiger partial charge is 0.262 e. The van der Waals surface area contributed by atoms with Crippen LogP contribution in [-0.4, -0.2) is 84.1 Å². The van der Waals surface area contributed by atoms with Crippen molar-refractivity contribution in [1.82, 2.24) is 20.4 Å². The molecule has 32 heavy (non-hydrogen) atoms. The number of fused-ring (bicyclic) bond motifs is 1. The highest BCUT2D eigenvalue weighted by Gasteiger charge is 2.45. The Morgan fingerprint density at radius 1 is 0.938 bits per heavy atom. The predicted molar refractivity (Wildman–Crippen MR) is 113 cm³/mol. The maximum absolute atomic E-state index is 13.1. The van der Waals surface area contributed by atoms with Gasteiger partial charge in [-0.1, -0.05) is 0 Å². The summed E-state index contributed by atoms with van der Waals surface area (Å²) in [6.45, 7) is 3.62. The second kappa shape index (κ2) is 8.01. The van der Waals surface area contributed by atoms with E-state index >= 15 is 0 Å². The number of nitrogens with zero attached hydrogens (tertiary/aromatic N) is 3. The summed E-state index contributed by atoms with van der Waals surface area (Å²) < 4.78 is 0. The molecule has 0 radical (unpaired) electrons. The van der Waals surface area contributed by atoms with Crippen LogP contribution in [0.3, 0.4) is 0 Å². The Morgan fingerprint density at radius 3 is 2.44 bits per heavy atom. The highest BCUT2D eigenvalue weighted by atomic mass is 16.2. The van der Waals surface area contributed by atoms with Gasteiger partial charge in [-0.3, -0.25) is 34.2 Å². The van der Waals surface area contributed by atoms with E-state index in [0.717, 1.165) is 36.5 Å². The second-order valence-electron chi connectivity index (χ2n) is 8.60. The number of carbonyl (C=O) groups excluding carboxylic acids is 5. The van der Waals surface area contributed by atoms with Gasteiger partial charge in [-0.25, -0.2) is 0 Å². The summed E-state index contributed by atoms with van der Waals surface area (Å²) in [5, 5.41) is 5.45. The normalized spacial score (nSPS) is 25.9. The molecule has 10 heteroatoms. The second-order valence-corrected chi connectivity index (χ2v) is 8.60. The lowest BCUT2D eigenvalue weighted by Crippen LogP contribution is -2.54. The van der Waals surface area contributed by atoms with Gasteiger partial charge < -0.3 is 15.1 Å². The van der Waals surface area contributed by atoms with E-state index in [9.17, 15) is 24.0 Å². The molecule has 0 aliphatic carbocycles. The van der Waals surface area contributed by atoms with Crippen LogP contribution in [0.2, 0.25) is 0 Å². The first-order valence-corrected chi connectivity index (χ1v) is 11.1. The fraction of sp³-hybridized carbons (Fsp3) is 0.500. The minimum Gasteiger partial charge on any atom is -0.359 e.